The van der Waals surface area contributed by atoms with Crippen molar-refractivity contribution in [1.29, 1.82) is 5.41 Å². The predicted octanol–water partition coefficient (Wildman–Crippen LogP) is 2.72. The average Bonchev–Trinajstić information content (AvgIpc) is 3.14. The third-order valence-corrected chi connectivity index (χ3v) is 6.28. The van der Waals surface area contributed by atoms with Gasteiger partial charge >= 0.3 is 6.03 Å². The molecule has 164 valence electrons. The Bertz CT molecular complexity index is 785. The van der Waals surface area contributed by atoms with E-state index in [9.17, 15) is 4.79 Å². The van der Waals surface area contributed by atoms with Crippen molar-refractivity contribution in [2.45, 2.75) is 26.3 Å². The third kappa shape index (κ3) is 5.08. The lowest BCUT2D eigenvalue weighted by Gasteiger charge is -2.39. The highest BCUT2D eigenvalue weighted by molar-refractivity contribution is 6.30. The van der Waals surface area contributed by atoms with Gasteiger partial charge in [-0.15, -0.1) is 0 Å². The number of nitrogens with two attached hydrogens (primary N) is 1. The van der Waals surface area contributed by atoms with Crippen LogP contribution in [0.1, 0.15) is 25.3 Å². The van der Waals surface area contributed by atoms with Gasteiger partial charge in [0.2, 0.25) is 0 Å². The maximum absolute atomic E-state index is 13.1. The highest BCUT2D eigenvalue weighted by atomic mass is 35.5. The minimum Gasteiger partial charge on any atom is -0.391 e. The number of amidine groups is 1. The molecular weight excluding hydrogens is 400 g/mol. The second-order valence-corrected chi connectivity index (χ2v) is 8.46. The van der Waals surface area contributed by atoms with Gasteiger partial charge in [-0.25, -0.2) is 4.79 Å². The summed E-state index contributed by atoms with van der Waals surface area (Å²) in [5, 5.41) is 12.7. The van der Waals surface area contributed by atoms with Crippen molar-refractivity contribution < 1.29 is 4.79 Å². The highest BCUT2D eigenvalue weighted by Crippen LogP contribution is 2.31. The smallest absolute Gasteiger partial charge is 0.320 e. The molecule has 1 heterocycles. The first-order valence-corrected chi connectivity index (χ1v) is 11.1. The maximum Gasteiger partial charge on any atom is 0.320 e. The molecular formula is C22H33ClN6O. The van der Waals surface area contributed by atoms with Gasteiger partial charge in [0.25, 0.3) is 0 Å². The molecule has 2 aliphatic rings. The van der Waals surface area contributed by atoms with Gasteiger partial charge in [0, 0.05) is 69.2 Å². The van der Waals surface area contributed by atoms with Crippen molar-refractivity contribution in [1.82, 2.24) is 20.0 Å². The van der Waals surface area contributed by atoms with Gasteiger partial charge in [-0.1, -0.05) is 30.7 Å². The first-order valence-electron chi connectivity index (χ1n) is 10.7. The monoisotopic (exact) mass is 432 g/mol. The molecule has 0 unspecified atom stereocenters. The standard InChI is InChI=1S/C22H33ClN6O/c1-16-3-8-19(26-2)20(16)21(25)27-11-13-28(14-12-27)22(30)29(10-9-24)15-17-4-6-18(23)7-5-17/h4-7,16,25-26H,3,8-15,24H2,1-2H3/t16-/m1/s1. The number of nitrogens with zero attached hydrogens (tertiary/aromatic N) is 3. The number of allylic oxidation sites excluding steroid dienone is 1. The van der Waals surface area contributed by atoms with Gasteiger partial charge in [0.05, 0.1) is 0 Å². The molecule has 1 saturated heterocycles. The van der Waals surface area contributed by atoms with Gasteiger partial charge < -0.3 is 25.8 Å². The van der Waals surface area contributed by atoms with E-state index in [4.69, 9.17) is 22.7 Å². The van der Waals surface area contributed by atoms with Crippen molar-refractivity contribution in [3.05, 3.63) is 46.1 Å². The maximum atomic E-state index is 13.1. The highest BCUT2D eigenvalue weighted by Gasteiger charge is 2.31. The summed E-state index contributed by atoms with van der Waals surface area (Å²) in [5.41, 5.74) is 9.11. The molecule has 2 amide bonds. The molecule has 7 nitrogen and oxygen atoms in total. The molecule has 3 rings (SSSR count). The zero-order chi connectivity index (χ0) is 21.7. The van der Waals surface area contributed by atoms with E-state index in [0.29, 0.717) is 62.6 Å². The number of carbonyl (C=O) groups excluding carboxylic acids is 1. The second-order valence-electron chi connectivity index (χ2n) is 8.02. The number of hydrogen-bond donors (Lipinski definition) is 3. The Morgan fingerprint density at radius 1 is 1.23 bits per heavy atom. The van der Waals surface area contributed by atoms with Crippen LogP contribution in [0, 0.1) is 11.3 Å². The summed E-state index contributed by atoms with van der Waals surface area (Å²) in [6, 6.07) is 7.56. The number of amides is 2. The fourth-order valence-electron chi connectivity index (χ4n) is 4.27. The van der Waals surface area contributed by atoms with E-state index in [1.54, 1.807) is 4.90 Å². The quantitative estimate of drug-likeness (QED) is 0.476. The molecule has 0 radical (unpaired) electrons. The number of rotatable bonds is 6. The Labute approximate surface area is 184 Å². The molecule has 0 spiro atoms. The Hall–Kier alpha value is -2.25. The summed E-state index contributed by atoms with van der Waals surface area (Å²) in [6.07, 6.45) is 2.09. The first kappa shape index (κ1) is 22.4. The summed E-state index contributed by atoms with van der Waals surface area (Å²) in [5.74, 6) is 1.01. The van der Waals surface area contributed by atoms with Crippen LogP contribution in [0.3, 0.4) is 0 Å². The van der Waals surface area contributed by atoms with Crippen molar-refractivity contribution in [2.75, 3.05) is 46.3 Å². The number of urea groups is 1. The van der Waals surface area contributed by atoms with Crippen LogP contribution in [-0.4, -0.2) is 72.9 Å². The van der Waals surface area contributed by atoms with Crippen LogP contribution in [0.5, 0.6) is 0 Å². The van der Waals surface area contributed by atoms with Crippen molar-refractivity contribution in [3.63, 3.8) is 0 Å². The van der Waals surface area contributed by atoms with Crippen LogP contribution < -0.4 is 11.1 Å². The van der Waals surface area contributed by atoms with Crippen molar-refractivity contribution in [3.8, 4) is 0 Å². The lowest BCUT2D eigenvalue weighted by Crippen LogP contribution is -2.54. The molecule has 30 heavy (non-hydrogen) atoms. The fourth-order valence-corrected chi connectivity index (χ4v) is 4.40. The summed E-state index contributed by atoms with van der Waals surface area (Å²) in [7, 11) is 1.93. The van der Waals surface area contributed by atoms with Crippen LogP contribution in [0.2, 0.25) is 5.02 Å². The minimum absolute atomic E-state index is 0.00550. The fraction of sp³-hybridized carbons (Fsp3) is 0.545. The van der Waals surface area contributed by atoms with Crippen LogP contribution >= 0.6 is 11.6 Å². The zero-order valence-corrected chi connectivity index (χ0v) is 18.7. The van der Waals surface area contributed by atoms with Gasteiger partial charge in [-0.3, -0.25) is 5.41 Å². The van der Waals surface area contributed by atoms with E-state index in [1.165, 1.54) is 5.70 Å². The predicted molar refractivity (Wildman–Crippen MR) is 122 cm³/mol. The van der Waals surface area contributed by atoms with Gasteiger partial charge in [0.15, 0.2) is 0 Å². The Balaban J connectivity index is 1.60. The van der Waals surface area contributed by atoms with Crippen LogP contribution in [0.25, 0.3) is 0 Å². The molecule has 0 saturated carbocycles. The molecule has 1 atom stereocenters. The molecule has 0 bridgehead atoms. The number of piperazine rings is 1. The molecule has 4 N–H and O–H groups in total. The third-order valence-electron chi connectivity index (χ3n) is 6.02. The number of hydrogen-bond acceptors (Lipinski definition) is 4. The van der Waals surface area contributed by atoms with E-state index in [2.05, 4.69) is 17.1 Å². The summed E-state index contributed by atoms with van der Waals surface area (Å²) >= 11 is 5.97. The molecule has 1 aromatic carbocycles. The van der Waals surface area contributed by atoms with E-state index in [-0.39, 0.29) is 6.03 Å². The lowest BCUT2D eigenvalue weighted by molar-refractivity contribution is 0.130. The Morgan fingerprint density at radius 3 is 2.47 bits per heavy atom. The first-order chi connectivity index (χ1) is 14.4. The largest absolute Gasteiger partial charge is 0.391 e. The Kier molecular flexibility index (Phi) is 7.61. The number of nitrogens with one attached hydrogen (secondary N) is 2. The lowest BCUT2D eigenvalue weighted by atomic mass is 10.0. The molecule has 8 heteroatoms. The minimum atomic E-state index is 0.00550. The van der Waals surface area contributed by atoms with Crippen LogP contribution in [0.4, 0.5) is 4.79 Å². The normalized spacial score (nSPS) is 19.3. The molecule has 1 aromatic rings. The summed E-state index contributed by atoms with van der Waals surface area (Å²) in [4.78, 5) is 18.9. The van der Waals surface area contributed by atoms with E-state index in [0.717, 1.165) is 24.0 Å². The summed E-state index contributed by atoms with van der Waals surface area (Å²) in [6.45, 7) is 6.20. The van der Waals surface area contributed by atoms with E-state index >= 15 is 0 Å². The van der Waals surface area contributed by atoms with Gasteiger partial charge in [-0.05, 0) is 36.5 Å². The number of carbonyl (C=O) groups is 1. The van der Waals surface area contributed by atoms with E-state index in [1.807, 2.05) is 36.2 Å². The van der Waals surface area contributed by atoms with Crippen LogP contribution in [-0.2, 0) is 6.54 Å². The summed E-state index contributed by atoms with van der Waals surface area (Å²) < 4.78 is 0. The second kappa shape index (κ2) is 10.2. The van der Waals surface area contributed by atoms with E-state index < -0.39 is 0 Å². The zero-order valence-electron chi connectivity index (χ0n) is 18.0. The number of halogens is 1. The van der Waals surface area contributed by atoms with Gasteiger partial charge in [-0.2, -0.15) is 0 Å². The molecule has 1 aliphatic heterocycles. The average molecular weight is 433 g/mol. The molecule has 0 aromatic heterocycles. The van der Waals surface area contributed by atoms with Crippen molar-refractivity contribution in [2.24, 2.45) is 11.7 Å². The van der Waals surface area contributed by atoms with Crippen LogP contribution in [0.15, 0.2) is 35.5 Å². The topological polar surface area (TPSA) is 88.7 Å². The molecule has 1 aliphatic carbocycles. The Morgan fingerprint density at radius 2 is 1.87 bits per heavy atom. The van der Waals surface area contributed by atoms with Crippen molar-refractivity contribution >= 4 is 23.5 Å². The molecule has 1 fully saturated rings. The SMILES string of the molecule is CNC1=C(C(=N)N2CCN(C(=O)N(CCN)Cc3ccc(Cl)cc3)CC2)[C@H](C)CC1. The van der Waals surface area contributed by atoms with Gasteiger partial charge in [0.1, 0.15) is 5.84 Å². The number of benzene rings is 1.